The van der Waals surface area contributed by atoms with Gasteiger partial charge >= 0.3 is 26.8 Å². The average molecular weight is 279 g/mol. The number of Topliss-reactive ketones (excluding diaryl/α,β-unsaturated/α-hetero) is 1. The third-order valence-electron chi connectivity index (χ3n) is 2.49. The van der Waals surface area contributed by atoms with Crippen LogP contribution in [0.1, 0.15) is 30.5 Å². The summed E-state index contributed by atoms with van der Waals surface area (Å²) >= 11 is 5.24. The molecule has 1 aliphatic carbocycles. The van der Waals surface area contributed by atoms with Crippen molar-refractivity contribution < 1.29 is 4.79 Å². The molecule has 2 nitrogen and oxygen atoms in total. The number of aromatic nitrogens is 1. The summed E-state index contributed by atoms with van der Waals surface area (Å²) in [7, 11) is 0. The van der Waals surface area contributed by atoms with Crippen molar-refractivity contribution in [2.45, 2.75) is 30.7 Å². The first kappa shape index (κ1) is 13.1. The zero-order valence-corrected chi connectivity index (χ0v) is 12.1. The van der Waals surface area contributed by atoms with E-state index < -0.39 is 0 Å². The van der Waals surface area contributed by atoms with Gasteiger partial charge in [-0.25, -0.2) is 0 Å². The van der Waals surface area contributed by atoms with E-state index >= 15 is 0 Å². The Morgan fingerprint density at radius 2 is 2.27 bits per heavy atom. The van der Waals surface area contributed by atoms with Crippen LogP contribution in [-0.4, -0.2) is 32.5 Å². The van der Waals surface area contributed by atoms with Crippen LogP contribution < -0.4 is 0 Å². The molecule has 0 saturated heterocycles. The molecule has 0 spiro atoms. The van der Waals surface area contributed by atoms with Crippen LogP contribution in [0, 0.1) is 0 Å². The molecule has 1 aliphatic rings. The number of hydrogen-bond acceptors (Lipinski definition) is 2. The molecule has 76 valence electrons. The number of carbonyl (C=O) groups excluding carboxylic acids is 1. The van der Waals surface area contributed by atoms with E-state index in [4.69, 9.17) is 0 Å². The first-order valence-electron chi connectivity index (χ1n) is 5.04. The summed E-state index contributed by atoms with van der Waals surface area (Å²) in [5.41, 5.74) is 2.20. The standard InChI is InChI=1S/C10H10BrNO.CH3.Mg/c1-6(13)9-3-2-7-4-8(11)5-12-10(7)9;;/h4-5,9H,2-3H2,1H3;1H3;/q;;+1. The van der Waals surface area contributed by atoms with Gasteiger partial charge in [0.1, 0.15) is 5.78 Å². The molecule has 1 aromatic rings. The number of rotatable bonds is 1. The molecule has 1 heterocycles. The van der Waals surface area contributed by atoms with Gasteiger partial charge in [0.25, 0.3) is 0 Å². The second kappa shape index (κ2) is 5.96. The predicted molar refractivity (Wildman–Crippen MR) is 65.3 cm³/mol. The molecule has 15 heavy (non-hydrogen) atoms. The molecule has 0 N–H and O–H groups in total. The Balaban J connectivity index is 0.000000531. The Hall–Kier alpha value is 0.0662. The van der Waals surface area contributed by atoms with Crippen LogP contribution >= 0.6 is 15.9 Å². The molecular weight excluding hydrogens is 266 g/mol. The third-order valence-corrected chi connectivity index (χ3v) is 2.92. The number of hydrogen-bond donors (Lipinski definition) is 0. The van der Waals surface area contributed by atoms with Gasteiger partial charge in [0.05, 0.1) is 11.6 Å². The van der Waals surface area contributed by atoms with Crippen molar-refractivity contribution in [1.82, 2.24) is 4.98 Å². The molecule has 0 radical (unpaired) electrons. The fourth-order valence-electron chi connectivity index (χ4n) is 1.84. The SMILES string of the molecule is CC(=O)C1CCc2cc(Br)cnc21.[CH3][Mg+]. The van der Waals surface area contributed by atoms with E-state index in [-0.39, 0.29) is 11.7 Å². The van der Waals surface area contributed by atoms with Crippen LogP contribution in [0.5, 0.6) is 0 Å². The minimum atomic E-state index is 0.0445. The first-order valence-corrected chi connectivity index (χ1v) is 7.24. The van der Waals surface area contributed by atoms with Gasteiger partial charge in [-0.2, -0.15) is 0 Å². The molecule has 0 bridgehead atoms. The van der Waals surface area contributed by atoms with E-state index in [1.54, 1.807) is 13.1 Å². The Morgan fingerprint density at radius 3 is 2.87 bits per heavy atom. The zero-order chi connectivity index (χ0) is 11.4. The molecule has 1 aromatic heterocycles. The maximum absolute atomic E-state index is 11.2. The van der Waals surface area contributed by atoms with Gasteiger partial charge < -0.3 is 0 Å². The Kier molecular flexibility index (Phi) is 5.22. The van der Waals surface area contributed by atoms with E-state index in [9.17, 15) is 4.79 Å². The van der Waals surface area contributed by atoms with Crippen LogP contribution in [0.2, 0.25) is 5.05 Å². The molecule has 0 amide bonds. The van der Waals surface area contributed by atoms with Crippen LogP contribution in [0.15, 0.2) is 16.7 Å². The maximum atomic E-state index is 11.2. The summed E-state index contributed by atoms with van der Waals surface area (Å²) in [4.78, 5) is 15.5. The fraction of sp³-hybridized carbons (Fsp3) is 0.455. The van der Waals surface area contributed by atoms with Crippen molar-refractivity contribution in [2.75, 3.05) is 0 Å². The topological polar surface area (TPSA) is 30.0 Å². The first-order chi connectivity index (χ1) is 7.18. The van der Waals surface area contributed by atoms with E-state index in [2.05, 4.69) is 27.0 Å². The molecule has 0 fully saturated rings. The molecule has 0 aromatic carbocycles. The minimum absolute atomic E-state index is 0.0445. The summed E-state index contributed by atoms with van der Waals surface area (Å²) in [6.45, 7) is 1.64. The summed E-state index contributed by atoms with van der Waals surface area (Å²) in [6, 6.07) is 2.06. The third kappa shape index (κ3) is 3.01. The van der Waals surface area contributed by atoms with Gasteiger partial charge in [0.2, 0.25) is 0 Å². The molecule has 4 heteroatoms. The fourth-order valence-corrected chi connectivity index (χ4v) is 2.22. The van der Waals surface area contributed by atoms with E-state index in [0.29, 0.717) is 0 Å². The molecule has 0 aliphatic heterocycles. The van der Waals surface area contributed by atoms with Crippen molar-refractivity contribution in [2.24, 2.45) is 0 Å². The number of aryl methyl sites for hydroxylation is 1. The Labute approximate surface area is 111 Å². The van der Waals surface area contributed by atoms with Crippen LogP contribution in [-0.2, 0) is 11.2 Å². The number of ketones is 1. The summed E-state index contributed by atoms with van der Waals surface area (Å²) in [6.07, 6.45) is 3.67. The summed E-state index contributed by atoms with van der Waals surface area (Å²) < 4.78 is 0.996. The van der Waals surface area contributed by atoms with Crippen LogP contribution in [0.25, 0.3) is 0 Å². The number of fused-ring (bicyclic) bond motifs is 1. The van der Waals surface area contributed by atoms with Gasteiger partial charge in [-0.15, -0.1) is 0 Å². The number of halogens is 1. The molecule has 0 saturated carbocycles. The van der Waals surface area contributed by atoms with Crippen molar-refractivity contribution >= 4 is 43.4 Å². The number of pyridine rings is 1. The monoisotopic (exact) mass is 278 g/mol. The van der Waals surface area contributed by atoms with Crippen molar-refractivity contribution in [1.29, 1.82) is 0 Å². The van der Waals surface area contributed by atoms with Gasteiger partial charge in [0.15, 0.2) is 0 Å². The van der Waals surface area contributed by atoms with Crippen molar-refractivity contribution in [3.63, 3.8) is 0 Å². The summed E-state index contributed by atoms with van der Waals surface area (Å²) in [5, 5.41) is 2.03. The van der Waals surface area contributed by atoms with Crippen molar-refractivity contribution in [3.05, 3.63) is 28.0 Å². The van der Waals surface area contributed by atoms with E-state index in [0.717, 1.165) is 23.0 Å². The quantitative estimate of drug-likeness (QED) is 0.740. The average Bonchev–Trinajstić information content (AvgIpc) is 2.63. The van der Waals surface area contributed by atoms with Crippen LogP contribution in [0.3, 0.4) is 0 Å². The second-order valence-electron chi connectivity index (χ2n) is 3.40. The normalized spacial score (nSPS) is 17.8. The second-order valence-corrected chi connectivity index (χ2v) is 4.32. The van der Waals surface area contributed by atoms with Gasteiger partial charge in [-0.1, -0.05) is 0 Å². The molecular formula is C11H13BrMgNO+. The Morgan fingerprint density at radius 1 is 1.60 bits per heavy atom. The zero-order valence-electron chi connectivity index (χ0n) is 9.09. The number of nitrogens with zero attached hydrogens (tertiary/aromatic N) is 1. The molecule has 2 rings (SSSR count). The Bertz CT molecular complexity index is 368. The van der Waals surface area contributed by atoms with Gasteiger partial charge in [0, 0.05) is 10.7 Å². The van der Waals surface area contributed by atoms with E-state index in [1.807, 2.05) is 26.8 Å². The van der Waals surface area contributed by atoms with Crippen LogP contribution in [0.4, 0.5) is 0 Å². The predicted octanol–water partition coefficient (Wildman–Crippen LogP) is 2.67. The summed E-state index contributed by atoms with van der Waals surface area (Å²) in [5.74, 6) is 0.275. The molecule has 1 atom stereocenters. The molecule has 1 unspecified atom stereocenters. The van der Waals surface area contributed by atoms with E-state index in [1.165, 1.54) is 5.56 Å². The van der Waals surface area contributed by atoms with Gasteiger partial charge in [-0.3, -0.25) is 9.78 Å². The number of carbonyl (C=O) groups is 1. The van der Waals surface area contributed by atoms with Gasteiger partial charge in [-0.05, 0) is 47.3 Å². The van der Waals surface area contributed by atoms with Crippen molar-refractivity contribution in [3.8, 4) is 0 Å².